The lowest BCUT2D eigenvalue weighted by Gasteiger charge is -2.21. The summed E-state index contributed by atoms with van der Waals surface area (Å²) in [6.45, 7) is 4.53. The Morgan fingerprint density at radius 1 is 1.38 bits per heavy atom. The van der Waals surface area contributed by atoms with Crippen molar-refractivity contribution in [3.8, 4) is 0 Å². The van der Waals surface area contributed by atoms with Crippen LogP contribution in [0.15, 0.2) is 17.4 Å². The van der Waals surface area contributed by atoms with Gasteiger partial charge in [0.2, 0.25) is 0 Å². The molecule has 1 saturated heterocycles. The number of hydrogen-bond acceptors (Lipinski definition) is 4. The number of likely N-dealkylation sites (tertiary alicyclic amines) is 1. The molecular weight excluding hydrogens is 419 g/mol. The van der Waals surface area contributed by atoms with Gasteiger partial charge < -0.3 is 14.8 Å². The second kappa shape index (κ2) is 7.95. The van der Waals surface area contributed by atoms with Gasteiger partial charge in [-0.05, 0) is 18.9 Å². The Morgan fingerprint density at radius 3 is 2.75 bits per heavy atom. The predicted molar refractivity (Wildman–Crippen MR) is 103 cm³/mol. The molecule has 1 fully saturated rings. The number of aryl methyl sites for hydroxylation is 2. The lowest BCUT2D eigenvalue weighted by molar-refractivity contribution is 0.483. The van der Waals surface area contributed by atoms with Crippen molar-refractivity contribution in [1.29, 1.82) is 0 Å². The van der Waals surface area contributed by atoms with Gasteiger partial charge in [-0.2, -0.15) is 5.10 Å². The molecule has 0 bridgehead atoms. The Hall–Kier alpha value is -1.65. The van der Waals surface area contributed by atoms with E-state index in [0.29, 0.717) is 12.5 Å². The van der Waals surface area contributed by atoms with Crippen LogP contribution < -0.4 is 5.32 Å². The Morgan fingerprint density at radius 2 is 2.17 bits per heavy atom. The second-order valence-corrected chi connectivity index (χ2v) is 6.00. The van der Waals surface area contributed by atoms with E-state index in [1.165, 1.54) is 5.56 Å². The minimum Gasteiger partial charge on any atom is -0.349 e. The maximum Gasteiger partial charge on any atom is 0.194 e. The van der Waals surface area contributed by atoms with Crippen LogP contribution in [-0.2, 0) is 20.6 Å². The summed E-state index contributed by atoms with van der Waals surface area (Å²) in [7, 11) is 5.75. The van der Waals surface area contributed by atoms with Crippen LogP contribution in [0.1, 0.15) is 29.6 Å². The molecule has 3 rings (SSSR count). The first-order valence-corrected chi connectivity index (χ1v) is 7.87. The van der Waals surface area contributed by atoms with Crippen molar-refractivity contribution in [2.24, 2.45) is 19.1 Å². The molecule has 0 spiro atoms. The van der Waals surface area contributed by atoms with Gasteiger partial charge in [0.1, 0.15) is 5.82 Å². The molecular formula is C15H25IN8. The predicted octanol–water partition coefficient (Wildman–Crippen LogP) is 1.04. The minimum absolute atomic E-state index is 0. The Kier molecular flexibility index (Phi) is 6.19. The molecule has 1 aliphatic rings. The number of nitrogens with zero attached hydrogens (tertiary/aromatic N) is 7. The van der Waals surface area contributed by atoms with E-state index in [2.05, 4.69) is 36.7 Å². The third kappa shape index (κ3) is 3.87. The number of hydrogen-bond donors (Lipinski definition) is 1. The van der Waals surface area contributed by atoms with Crippen LogP contribution in [0.4, 0.5) is 0 Å². The van der Waals surface area contributed by atoms with Gasteiger partial charge in [-0.25, -0.2) is 0 Å². The first-order valence-electron chi connectivity index (χ1n) is 7.87. The molecule has 24 heavy (non-hydrogen) atoms. The van der Waals surface area contributed by atoms with Gasteiger partial charge in [0.25, 0.3) is 0 Å². The number of aliphatic imine (C=N–C) groups is 1. The van der Waals surface area contributed by atoms with Gasteiger partial charge in [0.05, 0.1) is 12.7 Å². The third-order valence-electron chi connectivity index (χ3n) is 4.48. The summed E-state index contributed by atoms with van der Waals surface area (Å²) in [5.74, 6) is 3.25. The van der Waals surface area contributed by atoms with Crippen molar-refractivity contribution in [3.63, 3.8) is 0 Å². The normalized spacial score (nSPS) is 17.9. The summed E-state index contributed by atoms with van der Waals surface area (Å²) in [6, 6.07) is 0. The zero-order valence-corrected chi connectivity index (χ0v) is 16.9. The zero-order chi connectivity index (χ0) is 16.4. The molecule has 2 aromatic rings. The standard InChI is InChI=1S/C15H24N8.HI/c1-11-19-20-14(22(11)4)8-17-15(16-2)23-6-5-12(10-23)13-7-18-21(3)9-13;/h7,9,12H,5-6,8,10H2,1-4H3,(H,16,17);1H. The van der Waals surface area contributed by atoms with Gasteiger partial charge in [0, 0.05) is 46.3 Å². The topological polar surface area (TPSA) is 76.2 Å². The Balaban J connectivity index is 0.00000208. The summed E-state index contributed by atoms with van der Waals surface area (Å²) in [6.07, 6.45) is 5.19. The maximum atomic E-state index is 4.41. The number of rotatable bonds is 3. The lowest BCUT2D eigenvalue weighted by Crippen LogP contribution is -2.40. The summed E-state index contributed by atoms with van der Waals surface area (Å²) in [4.78, 5) is 6.70. The highest BCUT2D eigenvalue weighted by molar-refractivity contribution is 14.0. The highest BCUT2D eigenvalue weighted by Crippen LogP contribution is 2.26. The van der Waals surface area contributed by atoms with Crippen LogP contribution in [0.2, 0.25) is 0 Å². The fraction of sp³-hybridized carbons (Fsp3) is 0.600. The van der Waals surface area contributed by atoms with Gasteiger partial charge in [-0.3, -0.25) is 9.67 Å². The molecule has 9 heteroatoms. The van der Waals surface area contributed by atoms with E-state index in [4.69, 9.17) is 0 Å². The van der Waals surface area contributed by atoms with Crippen LogP contribution in [0.25, 0.3) is 0 Å². The van der Waals surface area contributed by atoms with Crippen molar-refractivity contribution in [3.05, 3.63) is 29.6 Å². The molecule has 8 nitrogen and oxygen atoms in total. The molecule has 3 heterocycles. The van der Waals surface area contributed by atoms with E-state index in [1.807, 2.05) is 43.5 Å². The number of halogens is 1. The molecule has 2 aromatic heterocycles. The van der Waals surface area contributed by atoms with Crippen LogP contribution in [0.5, 0.6) is 0 Å². The number of nitrogens with one attached hydrogen (secondary N) is 1. The fourth-order valence-corrected chi connectivity index (χ4v) is 2.97. The third-order valence-corrected chi connectivity index (χ3v) is 4.48. The van der Waals surface area contributed by atoms with Gasteiger partial charge in [0.15, 0.2) is 11.8 Å². The van der Waals surface area contributed by atoms with Crippen molar-refractivity contribution in [2.75, 3.05) is 20.1 Å². The van der Waals surface area contributed by atoms with Gasteiger partial charge >= 0.3 is 0 Å². The summed E-state index contributed by atoms with van der Waals surface area (Å²) < 4.78 is 3.85. The molecule has 1 aliphatic heterocycles. The summed E-state index contributed by atoms with van der Waals surface area (Å²) >= 11 is 0. The van der Waals surface area contributed by atoms with Crippen molar-refractivity contribution < 1.29 is 0 Å². The first-order chi connectivity index (χ1) is 11.1. The molecule has 0 aliphatic carbocycles. The molecule has 0 saturated carbocycles. The van der Waals surface area contributed by atoms with Crippen LogP contribution in [0.3, 0.4) is 0 Å². The molecule has 132 valence electrons. The van der Waals surface area contributed by atoms with E-state index >= 15 is 0 Å². The van der Waals surface area contributed by atoms with E-state index < -0.39 is 0 Å². The Labute approximate surface area is 159 Å². The van der Waals surface area contributed by atoms with Crippen molar-refractivity contribution >= 4 is 29.9 Å². The van der Waals surface area contributed by atoms with Crippen LogP contribution >= 0.6 is 24.0 Å². The maximum absolute atomic E-state index is 4.41. The van der Waals surface area contributed by atoms with E-state index in [0.717, 1.165) is 37.1 Å². The highest BCUT2D eigenvalue weighted by Gasteiger charge is 2.27. The fourth-order valence-electron chi connectivity index (χ4n) is 2.97. The molecule has 1 atom stereocenters. The summed E-state index contributed by atoms with van der Waals surface area (Å²) in [5.41, 5.74) is 1.30. The average molecular weight is 444 g/mol. The lowest BCUT2D eigenvalue weighted by atomic mass is 10.0. The highest BCUT2D eigenvalue weighted by atomic mass is 127. The first kappa shape index (κ1) is 18.7. The molecule has 0 aromatic carbocycles. The summed E-state index contributed by atoms with van der Waals surface area (Å²) in [5, 5.41) is 15.9. The molecule has 0 amide bonds. The SMILES string of the molecule is CN=C(NCc1nnc(C)n1C)N1CCC(c2cnn(C)c2)C1.I. The van der Waals surface area contributed by atoms with Gasteiger partial charge in [-0.15, -0.1) is 34.2 Å². The number of guanidine groups is 1. The zero-order valence-electron chi connectivity index (χ0n) is 14.6. The molecule has 1 N–H and O–H groups in total. The smallest absolute Gasteiger partial charge is 0.194 e. The Bertz CT molecular complexity index is 704. The average Bonchev–Trinajstić information content (AvgIpc) is 3.24. The number of aromatic nitrogens is 5. The van der Waals surface area contributed by atoms with E-state index in [-0.39, 0.29) is 24.0 Å². The van der Waals surface area contributed by atoms with Gasteiger partial charge in [-0.1, -0.05) is 0 Å². The van der Waals surface area contributed by atoms with E-state index in [9.17, 15) is 0 Å². The minimum atomic E-state index is 0. The van der Waals surface area contributed by atoms with Crippen molar-refractivity contribution in [1.82, 2.24) is 34.8 Å². The monoisotopic (exact) mass is 444 g/mol. The molecule has 0 radical (unpaired) electrons. The largest absolute Gasteiger partial charge is 0.349 e. The quantitative estimate of drug-likeness (QED) is 0.435. The second-order valence-electron chi connectivity index (χ2n) is 6.00. The van der Waals surface area contributed by atoms with E-state index in [1.54, 1.807) is 0 Å². The van der Waals surface area contributed by atoms with Crippen LogP contribution in [0, 0.1) is 6.92 Å². The van der Waals surface area contributed by atoms with Crippen LogP contribution in [-0.4, -0.2) is 55.5 Å². The van der Waals surface area contributed by atoms with Crippen molar-refractivity contribution in [2.45, 2.75) is 25.8 Å². The molecule has 1 unspecified atom stereocenters.